The van der Waals surface area contributed by atoms with Gasteiger partial charge in [0.15, 0.2) is 0 Å². The van der Waals surface area contributed by atoms with E-state index >= 15 is 0 Å². The van der Waals surface area contributed by atoms with E-state index in [9.17, 15) is 18.0 Å². The summed E-state index contributed by atoms with van der Waals surface area (Å²) >= 11 is 0. The summed E-state index contributed by atoms with van der Waals surface area (Å²) in [5, 5.41) is 3.05. The molecule has 7 rings (SSSR count). The van der Waals surface area contributed by atoms with Crippen molar-refractivity contribution in [3.8, 4) is 17.1 Å². The van der Waals surface area contributed by atoms with Crippen LogP contribution in [0.2, 0.25) is 0 Å². The number of benzene rings is 2. The zero-order chi connectivity index (χ0) is 32.8. The van der Waals surface area contributed by atoms with E-state index in [1.807, 2.05) is 36.9 Å². The summed E-state index contributed by atoms with van der Waals surface area (Å²) in [4.78, 5) is 40.4. The number of rotatable bonds is 3. The number of nitrogens with one attached hydrogen (secondary N) is 2. The van der Waals surface area contributed by atoms with Crippen LogP contribution in [-0.2, 0) is 14.8 Å². The van der Waals surface area contributed by atoms with E-state index in [4.69, 9.17) is 4.74 Å². The van der Waals surface area contributed by atoms with E-state index in [0.29, 0.717) is 44.2 Å². The van der Waals surface area contributed by atoms with Crippen molar-refractivity contribution in [1.82, 2.24) is 25.1 Å². The van der Waals surface area contributed by atoms with Crippen LogP contribution < -0.4 is 14.8 Å². The second-order valence-corrected chi connectivity index (χ2v) is 15.3. The number of aryl methyl sites for hydroxylation is 2. The Labute approximate surface area is 276 Å². The highest BCUT2D eigenvalue weighted by molar-refractivity contribution is 7.92. The number of ether oxygens (including phenoxy) is 1. The zero-order valence-corrected chi connectivity index (χ0v) is 27.8. The van der Waals surface area contributed by atoms with Crippen LogP contribution in [0.3, 0.4) is 0 Å². The molecule has 0 radical (unpaired) electrons. The van der Waals surface area contributed by atoms with E-state index in [-0.39, 0.29) is 46.8 Å². The van der Waals surface area contributed by atoms with Crippen LogP contribution >= 0.6 is 0 Å². The van der Waals surface area contributed by atoms with Gasteiger partial charge in [0.05, 0.1) is 23.2 Å². The molecule has 47 heavy (non-hydrogen) atoms. The second kappa shape index (κ2) is 12.5. The quantitative estimate of drug-likeness (QED) is 0.426. The van der Waals surface area contributed by atoms with Crippen LogP contribution in [0.1, 0.15) is 66.4 Å². The predicted molar refractivity (Wildman–Crippen MR) is 178 cm³/mol. The van der Waals surface area contributed by atoms with Crippen molar-refractivity contribution < 1.29 is 22.7 Å². The number of nitrogens with zero attached hydrogens (tertiary/aromatic N) is 4. The molecule has 3 aromatic rings. The van der Waals surface area contributed by atoms with E-state index in [1.54, 1.807) is 18.2 Å². The van der Waals surface area contributed by atoms with Crippen LogP contribution in [0.5, 0.6) is 5.88 Å². The lowest BCUT2D eigenvalue weighted by Gasteiger charge is -2.48. The molecule has 1 atom stereocenters. The first-order valence-corrected chi connectivity index (χ1v) is 18.1. The molecule has 1 aliphatic carbocycles. The fraction of sp³-hybridized carbons (Fsp3) is 0.486. The number of hydrogen-bond donors (Lipinski definition) is 2. The first kappa shape index (κ1) is 31.6. The molecule has 248 valence electrons. The number of sulfonamides is 1. The second-order valence-electron chi connectivity index (χ2n) is 13.6. The van der Waals surface area contributed by atoms with Crippen LogP contribution in [0, 0.1) is 19.3 Å². The highest BCUT2D eigenvalue weighted by Gasteiger charge is 2.44. The Balaban J connectivity index is 1.18. The molecule has 2 aromatic carbocycles. The van der Waals surface area contributed by atoms with E-state index in [0.717, 1.165) is 29.7 Å². The normalized spacial score (nSPS) is 22.8. The van der Waals surface area contributed by atoms with Crippen LogP contribution in [0.25, 0.3) is 11.3 Å². The van der Waals surface area contributed by atoms with Crippen molar-refractivity contribution in [2.45, 2.75) is 75.8 Å². The fourth-order valence-corrected chi connectivity index (χ4v) is 8.59. The van der Waals surface area contributed by atoms with Gasteiger partial charge < -0.3 is 15.0 Å². The average molecular weight is 659 g/mol. The number of anilines is 1. The third-order valence-electron chi connectivity index (χ3n) is 10.5. The molecule has 12 heteroatoms. The minimum atomic E-state index is -4.12. The lowest BCUT2D eigenvalue weighted by atomic mass is 9.78. The van der Waals surface area contributed by atoms with Crippen molar-refractivity contribution in [2.75, 3.05) is 37.5 Å². The number of amides is 2. The maximum absolute atomic E-state index is 13.7. The Morgan fingerprint density at radius 3 is 2.38 bits per heavy atom. The molecule has 1 aromatic heterocycles. The van der Waals surface area contributed by atoms with E-state index < -0.39 is 15.4 Å². The lowest BCUT2D eigenvalue weighted by Crippen LogP contribution is -2.61. The third kappa shape index (κ3) is 6.32. The molecule has 4 bridgehead atoms. The van der Waals surface area contributed by atoms with Gasteiger partial charge in [-0.2, -0.15) is 4.98 Å². The number of fused-ring (bicyclic) bond motifs is 4. The minimum absolute atomic E-state index is 0.0223. The van der Waals surface area contributed by atoms with Crippen molar-refractivity contribution in [3.63, 3.8) is 0 Å². The number of hydrogen-bond acceptors (Lipinski definition) is 8. The molecule has 1 saturated carbocycles. The molecule has 2 amide bonds. The van der Waals surface area contributed by atoms with Crippen molar-refractivity contribution >= 4 is 27.8 Å². The van der Waals surface area contributed by atoms with Crippen molar-refractivity contribution in [2.24, 2.45) is 5.41 Å². The molecule has 3 fully saturated rings. The van der Waals surface area contributed by atoms with Gasteiger partial charge in [0, 0.05) is 54.8 Å². The van der Waals surface area contributed by atoms with Gasteiger partial charge in [0.2, 0.25) is 17.7 Å². The first-order chi connectivity index (χ1) is 22.6. The molecule has 2 saturated heterocycles. The molecule has 2 N–H and O–H groups in total. The summed E-state index contributed by atoms with van der Waals surface area (Å²) < 4.78 is 35.8. The van der Waals surface area contributed by atoms with Gasteiger partial charge in [-0.1, -0.05) is 37.1 Å². The maximum Gasteiger partial charge on any atom is 0.264 e. The average Bonchev–Trinajstić information content (AvgIpc) is 3.56. The first-order valence-electron chi connectivity index (χ1n) is 16.6. The summed E-state index contributed by atoms with van der Waals surface area (Å²) in [5.74, 6) is -0.0433. The summed E-state index contributed by atoms with van der Waals surface area (Å²) in [6.45, 7) is 6.65. The van der Waals surface area contributed by atoms with Gasteiger partial charge in [0.25, 0.3) is 15.9 Å². The van der Waals surface area contributed by atoms with Gasteiger partial charge in [-0.15, -0.1) is 0 Å². The van der Waals surface area contributed by atoms with Gasteiger partial charge in [-0.05, 0) is 75.3 Å². The van der Waals surface area contributed by atoms with E-state index in [2.05, 4.69) is 24.9 Å². The van der Waals surface area contributed by atoms with Crippen molar-refractivity contribution in [3.05, 3.63) is 65.2 Å². The highest BCUT2D eigenvalue weighted by Crippen LogP contribution is 2.37. The Bertz CT molecular complexity index is 1780. The van der Waals surface area contributed by atoms with E-state index in [1.165, 1.54) is 37.8 Å². The van der Waals surface area contributed by atoms with Gasteiger partial charge in [-0.3, -0.25) is 14.5 Å². The Morgan fingerprint density at radius 2 is 1.68 bits per heavy atom. The monoisotopic (exact) mass is 658 g/mol. The summed E-state index contributed by atoms with van der Waals surface area (Å²) in [6, 6.07) is 14.1. The highest BCUT2D eigenvalue weighted by atomic mass is 32.2. The Hall–Kier alpha value is -4.03. The Morgan fingerprint density at radius 1 is 0.957 bits per heavy atom. The fourth-order valence-electron chi connectivity index (χ4n) is 7.60. The van der Waals surface area contributed by atoms with Gasteiger partial charge >= 0.3 is 0 Å². The number of aromatic nitrogens is 2. The Kier molecular flexibility index (Phi) is 8.42. The molecule has 4 aliphatic rings. The third-order valence-corrected chi connectivity index (χ3v) is 11.8. The van der Waals surface area contributed by atoms with Crippen LogP contribution in [0.4, 0.5) is 5.95 Å². The molecular formula is C35H42N6O5S. The zero-order valence-electron chi connectivity index (χ0n) is 27.0. The molecule has 1 spiro atoms. The number of carbonyl (C=O) groups is 2. The molecular weight excluding hydrogens is 616 g/mol. The SMILES string of the molecule is Cc1cccc(C)c1-c1cc2nc(n1)NS(=O)(=O)c1cccc(c1)C(=O)NCC1(CCN(C(=O)C3CCN3C3CCCC3)CC1)CO2. The smallest absolute Gasteiger partial charge is 0.264 e. The maximum atomic E-state index is 13.7. The molecule has 3 aliphatic heterocycles. The minimum Gasteiger partial charge on any atom is -0.477 e. The molecule has 1 unspecified atom stereocenters. The van der Waals surface area contributed by atoms with Crippen molar-refractivity contribution in [1.29, 1.82) is 0 Å². The number of piperidine rings is 1. The van der Waals surface area contributed by atoms with Gasteiger partial charge in [0.1, 0.15) is 0 Å². The van der Waals surface area contributed by atoms with Crippen LogP contribution in [0.15, 0.2) is 53.4 Å². The topological polar surface area (TPSA) is 134 Å². The predicted octanol–water partition coefficient (Wildman–Crippen LogP) is 4.31. The largest absolute Gasteiger partial charge is 0.477 e. The van der Waals surface area contributed by atoms with Gasteiger partial charge in [-0.25, -0.2) is 18.1 Å². The molecule has 4 heterocycles. The summed E-state index contributed by atoms with van der Waals surface area (Å²) in [7, 11) is -4.12. The summed E-state index contributed by atoms with van der Waals surface area (Å²) in [6.07, 6.45) is 7.06. The molecule has 11 nitrogen and oxygen atoms in total. The lowest BCUT2D eigenvalue weighted by molar-refractivity contribution is -0.146. The standard InChI is InChI=1S/C35H42N6O5S/c1-23-7-5-8-24(2)31(23)28-20-30-38-34(37-28)39-47(44,45)27-12-6-9-25(19-27)32(42)36-21-35(22-46-30)14-17-40(18-15-35)33(43)29-13-16-41(29)26-10-3-4-11-26/h5-9,12,19-20,26,29H,3-4,10-11,13-18,21-22H2,1-2H3,(H,36,42)(H,37,38,39). The summed E-state index contributed by atoms with van der Waals surface area (Å²) in [5.41, 5.74) is 3.15. The number of likely N-dealkylation sites (tertiary alicyclic amines) is 2. The number of carbonyl (C=O) groups excluding carboxylic acids is 2. The van der Waals surface area contributed by atoms with Crippen LogP contribution in [-0.4, -0.2) is 84.9 Å².